The molecule has 0 spiro atoms. The summed E-state index contributed by atoms with van der Waals surface area (Å²) in [6, 6.07) is 8.74. The van der Waals surface area contributed by atoms with Crippen LogP contribution in [0, 0.1) is 27.4 Å². The Morgan fingerprint density at radius 2 is 2.33 bits per heavy atom. The topological polar surface area (TPSA) is 88.2 Å². The van der Waals surface area contributed by atoms with Crippen molar-refractivity contribution < 1.29 is 9.66 Å². The molecule has 1 aromatic rings. The first-order chi connectivity index (χ1) is 10.1. The van der Waals surface area contributed by atoms with E-state index in [9.17, 15) is 15.4 Å². The van der Waals surface area contributed by atoms with Gasteiger partial charge >= 0.3 is 5.69 Å². The van der Waals surface area contributed by atoms with Gasteiger partial charge in [0.15, 0.2) is 5.75 Å². The molecule has 1 aromatic carbocycles. The number of benzene rings is 1. The fourth-order valence-electron chi connectivity index (χ4n) is 3.04. The van der Waals surface area contributed by atoms with Crippen LogP contribution in [0.15, 0.2) is 24.3 Å². The highest BCUT2D eigenvalue weighted by Gasteiger charge is 2.41. The standard InChI is InChI=1S/C15H19N3O3/c1-17-15(11-16)9-4-5-12(15)8-10-21-14-7-3-2-6-13(14)18(19)20/h2-3,6-7,12,17H,4-5,8-10H2,1H3. The number of hydrogen-bond acceptors (Lipinski definition) is 5. The maximum Gasteiger partial charge on any atom is 0.310 e. The van der Waals surface area contributed by atoms with E-state index in [1.165, 1.54) is 6.07 Å². The van der Waals surface area contributed by atoms with Gasteiger partial charge in [0.05, 0.1) is 17.6 Å². The molecule has 6 heteroatoms. The lowest BCUT2D eigenvalue weighted by molar-refractivity contribution is -0.385. The second kappa shape index (κ2) is 6.55. The van der Waals surface area contributed by atoms with Gasteiger partial charge in [-0.2, -0.15) is 5.26 Å². The van der Waals surface area contributed by atoms with Crippen LogP contribution in [0.2, 0.25) is 0 Å². The zero-order valence-corrected chi connectivity index (χ0v) is 12.0. The molecule has 21 heavy (non-hydrogen) atoms. The summed E-state index contributed by atoms with van der Waals surface area (Å²) in [5.41, 5.74) is -0.504. The molecule has 112 valence electrons. The number of nitriles is 1. The minimum atomic E-state index is -0.480. The molecule has 2 atom stereocenters. The first-order valence-corrected chi connectivity index (χ1v) is 7.09. The van der Waals surface area contributed by atoms with Crippen molar-refractivity contribution in [2.75, 3.05) is 13.7 Å². The molecule has 1 aliphatic carbocycles. The highest BCUT2D eigenvalue weighted by atomic mass is 16.6. The first kappa shape index (κ1) is 15.3. The lowest BCUT2D eigenvalue weighted by Crippen LogP contribution is -2.45. The largest absolute Gasteiger partial charge is 0.487 e. The van der Waals surface area contributed by atoms with Crippen molar-refractivity contribution in [3.05, 3.63) is 34.4 Å². The molecule has 0 radical (unpaired) electrons. The molecule has 0 bridgehead atoms. The third kappa shape index (κ3) is 3.14. The molecular weight excluding hydrogens is 270 g/mol. The Labute approximate surface area is 123 Å². The molecule has 1 N–H and O–H groups in total. The van der Waals surface area contributed by atoms with Crippen LogP contribution in [0.25, 0.3) is 0 Å². The van der Waals surface area contributed by atoms with Crippen LogP contribution in [0.4, 0.5) is 5.69 Å². The van der Waals surface area contributed by atoms with Crippen molar-refractivity contribution in [1.29, 1.82) is 5.26 Å². The summed E-state index contributed by atoms with van der Waals surface area (Å²) < 4.78 is 5.56. The van der Waals surface area contributed by atoms with Gasteiger partial charge in [0.1, 0.15) is 5.54 Å². The predicted octanol–water partition coefficient (Wildman–Crippen LogP) is 2.65. The van der Waals surface area contributed by atoms with Crippen LogP contribution in [-0.2, 0) is 0 Å². The van der Waals surface area contributed by atoms with Gasteiger partial charge in [-0.15, -0.1) is 0 Å². The predicted molar refractivity (Wildman–Crippen MR) is 78.0 cm³/mol. The van der Waals surface area contributed by atoms with Gasteiger partial charge < -0.3 is 10.1 Å². The lowest BCUT2D eigenvalue weighted by atomic mass is 9.86. The molecule has 6 nitrogen and oxygen atoms in total. The molecule has 0 saturated heterocycles. The Morgan fingerprint density at radius 3 is 3.00 bits per heavy atom. The minimum absolute atomic E-state index is 0.0240. The number of nitro benzene ring substituents is 1. The van der Waals surface area contributed by atoms with Crippen LogP contribution >= 0.6 is 0 Å². The van der Waals surface area contributed by atoms with E-state index in [2.05, 4.69) is 11.4 Å². The second-order valence-electron chi connectivity index (χ2n) is 5.28. The number of nitrogens with zero attached hydrogens (tertiary/aromatic N) is 2. The summed E-state index contributed by atoms with van der Waals surface area (Å²) in [6.07, 6.45) is 3.55. The zero-order valence-electron chi connectivity index (χ0n) is 12.0. The van der Waals surface area contributed by atoms with Crippen molar-refractivity contribution in [2.24, 2.45) is 5.92 Å². The number of para-hydroxylation sites is 2. The number of rotatable bonds is 6. The maximum atomic E-state index is 10.9. The Hall–Kier alpha value is -2.13. The molecule has 0 heterocycles. The minimum Gasteiger partial charge on any atom is -0.487 e. The van der Waals surface area contributed by atoms with Crippen LogP contribution in [0.3, 0.4) is 0 Å². The number of nitrogens with one attached hydrogen (secondary N) is 1. The monoisotopic (exact) mass is 289 g/mol. The van der Waals surface area contributed by atoms with Gasteiger partial charge in [0.2, 0.25) is 0 Å². The summed E-state index contributed by atoms with van der Waals surface area (Å²) in [4.78, 5) is 10.5. The van der Waals surface area contributed by atoms with E-state index in [-0.39, 0.29) is 17.4 Å². The highest BCUT2D eigenvalue weighted by Crippen LogP contribution is 2.37. The van der Waals surface area contributed by atoms with Crippen LogP contribution < -0.4 is 10.1 Å². The molecule has 1 fully saturated rings. The highest BCUT2D eigenvalue weighted by molar-refractivity contribution is 5.45. The SMILES string of the molecule is CNC1(C#N)CCCC1CCOc1ccccc1[N+](=O)[O-]. The summed E-state index contributed by atoms with van der Waals surface area (Å²) >= 11 is 0. The van der Waals surface area contributed by atoms with Gasteiger partial charge in [-0.25, -0.2) is 0 Å². The molecule has 0 aliphatic heterocycles. The number of ether oxygens (including phenoxy) is 1. The smallest absolute Gasteiger partial charge is 0.310 e. The van der Waals surface area contributed by atoms with Crippen molar-refractivity contribution in [3.8, 4) is 11.8 Å². The van der Waals surface area contributed by atoms with E-state index in [1.807, 2.05) is 7.05 Å². The van der Waals surface area contributed by atoms with Crippen LogP contribution in [-0.4, -0.2) is 24.1 Å². The summed E-state index contributed by atoms with van der Waals surface area (Å²) in [5.74, 6) is 0.503. The average Bonchev–Trinajstić information content (AvgIpc) is 2.91. The third-order valence-electron chi connectivity index (χ3n) is 4.25. The van der Waals surface area contributed by atoms with E-state index < -0.39 is 10.5 Å². The van der Waals surface area contributed by atoms with Crippen molar-refractivity contribution in [1.82, 2.24) is 5.32 Å². The Bertz CT molecular complexity index is 555. The van der Waals surface area contributed by atoms with E-state index in [4.69, 9.17) is 4.74 Å². The first-order valence-electron chi connectivity index (χ1n) is 7.09. The molecule has 1 saturated carbocycles. The van der Waals surface area contributed by atoms with Crippen LogP contribution in [0.5, 0.6) is 5.75 Å². The number of nitro groups is 1. The van der Waals surface area contributed by atoms with Crippen LogP contribution in [0.1, 0.15) is 25.7 Å². The van der Waals surface area contributed by atoms with Crippen molar-refractivity contribution in [3.63, 3.8) is 0 Å². The molecule has 0 aromatic heterocycles. The van der Waals surface area contributed by atoms with Gasteiger partial charge in [-0.05, 0) is 38.3 Å². The summed E-state index contributed by atoms with van der Waals surface area (Å²) in [6.45, 7) is 0.376. The normalized spacial score (nSPS) is 24.5. The van der Waals surface area contributed by atoms with Gasteiger partial charge in [-0.1, -0.05) is 18.6 Å². The maximum absolute atomic E-state index is 10.9. The fourth-order valence-corrected chi connectivity index (χ4v) is 3.04. The van der Waals surface area contributed by atoms with Gasteiger partial charge in [0.25, 0.3) is 0 Å². The Kier molecular flexibility index (Phi) is 4.76. The average molecular weight is 289 g/mol. The van der Waals surface area contributed by atoms with E-state index in [1.54, 1.807) is 18.2 Å². The van der Waals surface area contributed by atoms with Gasteiger partial charge in [0, 0.05) is 6.07 Å². The summed E-state index contributed by atoms with van der Waals surface area (Å²) in [5, 5.41) is 23.4. The molecule has 2 unspecified atom stereocenters. The van der Waals surface area contributed by atoms with Gasteiger partial charge in [-0.3, -0.25) is 10.1 Å². The molecule has 2 rings (SSSR count). The fraction of sp³-hybridized carbons (Fsp3) is 0.533. The second-order valence-corrected chi connectivity index (χ2v) is 5.28. The third-order valence-corrected chi connectivity index (χ3v) is 4.25. The molecule has 1 aliphatic rings. The zero-order chi connectivity index (χ0) is 15.3. The summed E-state index contributed by atoms with van der Waals surface area (Å²) in [7, 11) is 1.81. The van der Waals surface area contributed by atoms with E-state index in [0.717, 1.165) is 19.3 Å². The number of hydrogen-bond donors (Lipinski definition) is 1. The Balaban J connectivity index is 1.96. The molecular formula is C15H19N3O3. The van der Waals surface area contributed by atoms with Crippen molar-refractivity contribution >= 4 is 5.69 Å². The molecule has 0 amide bonds. The van der Waals surface area contributed by atoms with E-state index >= 15 is 0 Å². The Morgan fingerprint density at radius 1 is 1.57 bits per heavy atom. The van der Waals surface area contributed by atoms with Crippen molar-refractivity contribution in [2.45, 2.75) is 31.2 Å². The quantitative estimate of drug-likeness (QED) is 0.642. The van der Waals surface area contributed by atoms with E-state index in [0.29, 0.717) is 13.0 Å². The lowest BCUT2D eigenvalue weighted by Gasteiger charge is -2.28.